The van der Waals surface area contributed by atoms with Gasteiger partial charge >= 0.3 is 0 Å². The van der Waals surface area contributed by atoms with Gasteiger partial charge in [0.2, 0.25) is 5.91 Å². The van der Waals surface area contributed by atoms with Crippen LogP contribution in [0, 0.1) is 11.7 Å². The minimum Gasteiger partial charge on any atom is -0.322 e. The first-order chi connectivity index (χ1) is 10.0. The van der Waals surface area contributed by atoms with Crippen molar-refractivity contribution in [2.24, 2.45) is 5.92 Å². The number of carbonyl (C=O) groups is 1. The quantitative estimate of drug-likeness (QED) is 0.850. The van der Waals surface area contributed by atoms with Crippen LogP contribution in [0.5, 0.6) is 0 Å². The third-order valence-corrected chi connectivity index (χ3v) is 4.08. The lowest BCUT2D eigenvalue weighted by molar-refractivity contribution is -0.117. The molecular formula is C15H21BrFN3O. The molecule has 2 N–H and O–H groups in total. The van der Waals surface area contributed by atoms with Crippen molar-refractivity contribution in [1.82, 2.24) is 10.2 Å². The van der Waals surface area contributed by atoms with Crippen LogP contribution in [0.4, 0.5) is 10.1 Å². The molecule has 116 valence electrons. The lowest BCUT2D eigenvalue weighted by Crippen LogP contribution is -2.39. The lowest BCUT2D eigenvalue weighted by atomic mass is 9.99. The summed E-state index contributed by atoms with van der Waals surface area (Å²) in [4.78, 5) is 13.9. The number of hydrogen-bond donors (Lipinski definition) is 2. The Balaban J connectivity index is 1.80. The molecule has 1 heterocycles. The van der Waals surface area contributed by atoms with Gasteiger partial charge in [0.25, 0.3) is 0 Å². The summed E-state index contributed by atoms with van der Waals surface area (Å²) in [6, 6.07) is 4.60. The largest absolute Gasteiger partial charge is 0.322 e. The molecule has 0 bridgehead atoms. The summed E-state index contributed by atoms with van der Waals surface area (Å²) in [5.41, 5.74) is 0.218. The molecule has 1 aromatic carbocycles. The van der Waals surface area contributed by atoms with Gasteiger partial charge in [0.1, 0.15) is 5.82 Å². The average molecular weight is 358 g/mol. The maximum Gasteiger partial charge on any atom is 0.238 e. The van der Waals surface area contributed by atoms with Crippen LogP contribution in [0.15, 0.2) is 22.7 Å². The van der Waals surface area contributed by atoms with Gasteiger partial charge in [-0.3, -0.25) is 9.69 Å². The SMILES string of the molecule is CN(CC(=O)Nc1ccc(Br)cc1F)CC1CCCNC1. The molecule has 4 nitrogen and oxygen atoms in total. The molecule has 1 unspecified atom stereocenters. The predicted octanol–water partition coefficient (Wildman–Crippen LogP) is 2.46. The third-order valence-electron chi connectivity index (χ3n) is 3.59. The van der Waals surface area contributed by atoms with E-state index in [1.165, 1.54) is 18.9 Å². The number of halogens is 2. The van der Waals surface area contributed by atoms with Gasteiger partial charge in [-0.05, 0) is 57.1 Å². The summed E-state index contributed by atoms with van der Waals surface area (Å²) in [6.45, 7) is 3.24. The van der Waals surface area contributed by atoms with Crippen molar-refractivity contribution < 1.29 is 9.18 Å². The van der Waals surface area contributed by atoms with Gasteiger partial charge in [-0.25, -0.2) is 4.39 Å². The highest BCUT2D eigenvalue weighted by molar-refractivity contribution is 9.10. The van der Waals surface area contributed by atoms with Crippen molar-refractivity contribution in [2.75, 3.05) is 38.5 Å². The number of anilines is 1. The number of amides is 1. The van der Waals surface area contributed by atoms with E-state index in [9.17, 15) is 9.18 Å². The van der Waals surface area contributed by atoms with E-state index in [1.54, 1.807) is 12.1 Å². The first-order valence-electron chi connectivity index (χ1n) is 7.19. The first-order valence-corrected chi connectivity index (χ1v) is 7.98. The molecule has 2 rings (SSSR count). The van der Waals surface area contributed by atoms with Gasteiger partial charge in [0.15, 0.2) is 0 Å². The first kappa shape index (κ1) is 16.4. The second kappa shape index (κ2) is 7.87. The Kier molecular flexibility index (Phi) is 6.14. The summed E-state index contributed by atoms with van der Waals surface area (Å²) in [5, 5.41) is 5.98. The molecule has 0 aromatic heterocycles. The second-order valence-electron chi connectivity index (χ2n) is 5.58. The van der Waals surface area contributed by atoms with Crippen LogP contribution in [0.25, 0.3) is 0 Å². The van der Waals surface area contributed by atoms with Crippen LogP contribution in [0.2, 0.25) is 0 Å². The van der Waals surface area contributed by atoms with E-state index >= 15 is 0 Å². The maximum absolute atomic E-state index is 13.7. The molecule has 1 aliphatic heterocycles. The molecule has 0 saturated carbocycles. The molecule has 1 aromatic rings. The van der Waals surface area contributed by atoms with Gasteiger partial charge < -0.3 is 10.6 Å². The van der Waals surface area contributed by atoms with Crippen LogP contribution < -0.4 is 10.6 Å². The number of benzene rings is 1. The van der Waals surface area contributed by atoms with Crippen molar-refractivity contribution in [2.45, 2.75) is 12.8 Å². The highest BCUT2D eigenvalue weighted by Gasteiger charge is 2.17. The van der Waals surface area contributed by atoms with E-state index in [-0.39, 0.29) is 18.1 Å². The molecule has 1 amide bonds. The Bertz CT molecular complexity index is 492. The molecule has 21 heavy (non-hydrogen) atoms. The van der Waals surface area contributed by atoms with E-state index < -0.39 is 5.82 Å². The number of piperidine rings is 1. The van der Waals surface area contributed by atoms with Crippen molar-refractivity contribution in [1.29, 1.82) is 0 Å². The monoisotopic (exact) mass is 357 g/mol. The molecule has 1 saturated heterocycles. The molecule has 0 radical (unpaired) electrons. The van der Waals surface area contributed by atoms with Crippen LogP contribution in [0.3, 0.4) is 0 Å². The summed E-state index contributed by atoms with van der Waals surface area (Å²) >= 11 is 3.19. The Hall–Kier alpha value is -0.980. The third kappa shape index (κ3) is 5.37. The Morgan fingerprint density at radius 2 is 2.38 bits per heavy atom. The Morgan fingerprint density at radius 1 is 1.57 bits per heavy atom. The van der Waals surface area contributed by atoms with Crippen LogP contribution >= 0.6 is 15.9 Å². The van der Waals surface area contributed by atoms with Crippen molar-refractivity contribution in [3.63, 3.8) is 0 Å². The maximum atomic E-state index is 13.7. The van der Waals surface area contributed by atoms with E-state index in [0.29, 0.717) is 10.4 Å². The van der Waals surface area contributed by atoms with Crippen LogP contribution in [-0.2, 0) is 4.79 Å². The number of likely N-dealkylation sites (N-methyl/N-ethyl adjacent to an activating group) is 1. The van der Waals surface area contributed by atoms with Gasteiger partial charge in [0, 0.05) is 11.0 Å². The lowest BCUT2D eigenvalue weighted by Gasteiger charge is -2.27. The van der Waals surface area contributed by atoms with Crippen LogP contribution in [-0.4, -0.2) is 44.0 Å². The fraction of sp³-hybridized carbons (Fsp3) is 0.533. The molecular weight excluding hydrogens is 337 g/mol. The van der Waals surface area contributed by atoms with E-state index in [1.807, 2.05) is 11.9 Å². The number of carbonyl (C=O) groups excluding carboxylic acids is 1. The Morgan fingerprint density at radius 3 is 3.05 bits per heavy atom. The molecule has 0 aliphatic carbocycles. The summed E-state index contributed by atoms with van der Waals surface area (Å²) in [6.07, 6.45) is 2.38. The summed E-state index contributed by atoms with van der Waals surface area (Å²) in [5.74, 6) is -0.0414. The number of nitrogens with zero attached hydrogens (tertiary/aromatic N) is 1. The normalized spacial score (nSPS) is 18.8. The Labute approximate surface area is 133 Å². The number of nitrogens with one attached hydrogen (secondary N) is 2. The highest BCUT2D eigenvalue weighted by atomic mass is 79.9. The minimum absolute atomic E-state index is 0.192. The van der Waals surface area contributed by atoms with E-state index in [4.69, 9.17) is 0 Å². The molecule has 0 spiro atoms. The van der Waals surface area contributed by atoms with Crippen molar-refractivity contribution in [3.05, 3.63) is 28.5 Å². The van der Waals surface area contributed by atoms with E-state index in [2.05, 4.69) is 26.6 Å². The number of rotatable bonds is 5. The zero-order chi connectivity index (χ0) is 15.2. The van der Waals surface area contributed by atoms with Crippen molar-refractivity contribution >= 4 is 27.5 Å². The van der Waals surface area contributed by atoms with Gasteiger partial charge in [-0.1, -0.05) is 15.9 Å². The second-order valence-corrected chi connectivity index (χ2v) is 6.50. The van der Waals surface area contributed by atoms with Crippen LogP contribution in [0.1, 0.15) is 12.8 Å². The fourth-order valence-electron chi connectivity index (χ4n) is 2.61. The molecule has 1 fully saturated rings. The highest BCUT2D eigenvalue weighted by Crippen LogP contribution is 2.19. The molecule has 1 atom stereocenters. The molecule has 1 aliphatic rings. The standard InChI is InChI=1S/C15H21BrFN3O/c1-20(9-11-3-2-6-18-8-11)10-15(21)19-14-5-4-12(16)7-13(14)17/h4-5,7,11,18H,2-3,6,8-10H2,1H3,(H,19,21). The van der Waals surface area contributed by atoms with Gasteiger partial charge in [-0.15, -0.1) is 0 Å². The zero-order valence-corrected chi connectivity index (χ0v) is 13.7. The fourth-order valence-corrected chi connectivity index (χ4v) is 2.94. The molecule has 6 heteroatoms. The van der Waals surface area contributed by atoms with E-state index in [0.717, 1.165) is 19.6 Å². The number of hydrogen-bond acceptors (Lipinski definition) is 3. The smallest absolute Gasteiger partial charge is 0.238 e. The topological polar surface area (TPSA) is 44.4 Å². The van der Waals surface area contributed by atoms with Gasteiger partial charge in [-0.2, -0.15) is 0 Å². The van der Waals surface area contributed by atoms with Crippen molar-refractivity contribution in [3.8, 4) is 0 Å². The summed E-state index contributed by atoms with van der Waals surface area (Å²) in [7, 11) is 1.92. The summed E-state index contributed by atoms with van der Waals surface area (Å²) < 4.78 is 14.3. The van der Waals surface area contributed by atoms with Gasteiger partial charge in [0.05, 0.1) is 12.2 Å². The zero-order valence-electron chi connectivity index (χ0n) is 12.2. The minimum atomic E-state index is -0.433. The predicted molar refractivity (Wildman–Crippen MR) is 85.8 cm³/mol. The average Bonchev–Trinajstić information content (AvgIpc) is 2.43.